The minimum absolute atomic E-state index is 0.0261. The smallest absolute Gasteiger partial charge is 0.305 e. The Balaban J connectivity index is 1.93. The van der Waals surface area contributed by atoms with Gasteiger partial charge >= 0.3 is 5.97 Å². The summed E-state index contributed by atoms with van der Waals surface area (Å²) >= 11 is 0. The van der Waals surface area contributed by atoms with Gasteiger partial charge in [-0.15, -0.1) is 0 Å². The summed E-state index contributed by atoms with van der Waals surface area (Å²) in [5.41, 5.74) is 0.868. The van der Waals surface area contributed by atoms with Gasteiger partial charge < -0.3 is 15.2 Å². The first kappa shape index (κ1) is 20.9. The molecule has 0 aliphatic rings. The lowest BCUT2D eigenvalue weighted by Gasteiger charge is -2.18. The number of aromatic nitrogens is 1. The molecule has 154 valence electrons. The van der Waals surface area contributed by atoms with E-state index in [1.165, 1.54) is 61.7 Å². The molecule has 2 N–H and O–H groups in total. The van der Waals surface area contributed by atoms with E-state index < -0.39 is 36.0 Å². The second kappa shape index (κ2) is 9.13. The van der Waals surface area contributed by atoms with Crippen molar-refractivity contribution in [3.63, 3.8) is 0 Å². The summed E-state index contributed by atoms with van der Waals surface area (Å²) in [6.07, 6.45) is -0.506. The standard InChI is InChI=1S/C22H18F2N2O4/c1-30-19-11-10-17(25-21(19)13-6-8-14(23)9-7-13)22(29)26-18(12-20(27)28)15-4-2-3-5-16(15)24/h2-11,18H,12H2,1H3,(H,26,29)(H,27,28)/t18-/m0/s1. The van der Waals surface area contributed by atoms with Crippen molar-refractivity contribution in [2.24, 2.45) is 0 Å². The molecule has 0 bridgehead atoms. The number of nitrogens with zero attached hydrogens (tertiary/aromatic N) is 1. The van der Waals surface area contributed by atoms with Crippen molar-refractivity contribution in [1.82, 2.24) is 10.3 Å². The zero-order chi connectivity index (χ0) is 21.7. The fourth-order valence-electron chi connectivity index (χ4n) is 2.96. The van der Waals surface area contributed by atoms with Gasteiger partial charge in [-0.2, -0.15) is 0 Å². The number of ether oxygens (including phenoxy) is 1. The molecule has 0 unspecified atom stereocenters. The van der Waals surface area contributed by atoms with E-state index in [0.29, 0.717) is 17.0 Å². The highest BCUT2D eigenvalue weighted by Crippen LogP contribution is 2.29. The highest BCUT2D eigenvalue weighted by Gasteiger charge is 2.23. The van der Waals surface area contributed by atoms with Crippen LogP contribution in [0.1, 0.15) is 28.5 Å². The van der Waals surface area contributed by atoms with Crippen LogP contribution in [0.3, 0.4) is 0 Å². The van der Waals surface area contributed by atoms with E-state index in [4.69, 9.17) is 9.84 Å². The lowest BCUT2D eigenvalue weighted by Crippen LogP contribution is -2.31. The molecular formula is C22H18F2N2O4. The number of hydrogen-bond donors (Lipinski definition) is 2. The molecule has 0 aliphatic carbocycles. The second-order valence-electron chi connectivity index (χ2n) is 6.40. The summed E-state index contributed by atoms with van der Waals surface area (Å²) in [4.78, 5) is 28.3. The van der Waals surface area contributed by atoms with E-state index in [9.17, 15) is 18.4 Å². The van der Waals surface area contributed by atoms with Crippen LogP contribution in [0.4, 0.5) is 8.78 Å². The molecule has 1 aromatic heterocycles. The number of pyridine rings is 1. The molecule has 0 aliphatic heterocycles. The van der Waals surface area contributed by atoms with E-state index >= 15 is 0 Å². The molecule has 0 saturated heterocycles. The van der Waals surface area contributed by atoms with Crippen LogP contribution in [-0.2, 0) is 4.79 Å². The summed E-state index contributed by atoms with van der Waals surface area (Å²) in [5.74, 6) is -2.56. The minimum Gasteiger partial charge on any atom is -0.494 e. The molecule has 30 heavy (non-hydrogen) atoms. The number of nitrogens with one attached hydrogen (secondary N) is 1. The fourth-order valence-corrected chi connectivity index (χ4v) is 2.96. The molecule has 8 heteroatoms. The van der Waals surface area contributed by atoms with Gasteiger partial charge in [0.15, 0.2) is 0 Å². The molecule has 0 spiro atoms. The fraction of sp³-hybridized carbons (Fsp3) is 0.136. The molecule has 0 radical (unpaired) electrons. The van der Waals surface area contributed by atoms with Gasteiger partial charge in [-0.05, 0) is 42.5 Å². The van der Waals surface area contributed by atoms with Gasteiger partial charge in [0.1, 0.15) is 28.8 Å². The summed E-state index contributed by atoms with van der Waals surface area (Å²) in [6.45, 7) is 0. The number of methoxy groups -OCH3 is 1. The van der Waals surface area contributed by atoms with Gasteiger partial charge in [-0.25, -0.2) is 13.8 Å². The summed E-state index contributed by atoms with van der Waals surface area (Å²) in [6, 6.07) is 13.0. The van der Waals surface area contributed by atoms with Crippen molar-refractivity contribution >= 4 is 11.9 Å². The zero-order valence-corrected chi connectivity index (χ0v) is 15.9. The Morgan fingerprint density at radius 2 is 1.77 bits per heavy atom. The Bertz CT molecular complexity index is 1070. The predicted octanol–water partition coefficient (Wildman–Crippen LogP) is 3.98. The molecule has 0 fully saturated rings. The number of benzene rings is 2. The maximum Gasteiger partial charge on any atom is 0.305 e. The summed E-state index contributed by atoms with van der Waals surface area (Å²) in [5, 5.41) is 11.7. The van der Waals surface area contributed by atoms with Crippen molar-refractivity contribution in [3.05, 3.63) is 83.6 Å². The predicted molar refractivity (Wildman–Crippen MR) is 105 cm³/mol. The third kappa shape index (κ3) is 4.78. The van der Waals surface area contributed by atoms with Crippen molar-refractivity contribution in [2.45, 2.75) is 12.5 Å². The second-order valence-corrected chi connectivity index (χ2v) is 6.40. The Hall–Kier alpha value is -3.81. The molecule has 2 aromatic carbocycles. The molecule has 3 aromatic rings. The van der Waals surface area contributed by atoms with Crippen LogP contribution in [0.5, 0.6) is 5.75 Å². The topological polar surface area (TPSA) is 88.5 Å². The van der Waals surface area contributed by atoms with E-state index in [1.54, 1.807) is 6.07 Å². The van der Waals surface area contributed by atoms with Crippen LogP contribution in [0, 0.1) is 11.6 Å². The molecule has 1 atom stereocenters. The highest BCUT2D eigenvalue weighted by molar-refractivity contribution is 5.93. The third-order valence-corrected chi connectivity index (χ3v) is 4.39. The molecule has 3 rings (SSSR count). The van der Waals surface area contributed by atoms with E-state index in [-0.39, 0.29) is 11.3 Å². The SMILES string of the molecule is COc1ccc(C(=O)N[C@@H](CC(=O)O)c2ccccc2F)nc1-c1ccc(F)cc1. The average Bonchev–Trinajstić information content (AvgIpc) is 2.73. The molecule has 1 heterocycles. The number of amides is 1. The van der Waals surface area contributed by atoms with Crippen LogP contribution in [0.25, 0.3) is 11.3 Å². The monoisotopic (exact) mass is 412 g/mol. The maximum absolute atomic E-state index is 14.2. The Kier molecular flexibility index (Phi) is 6.36. The van der Waals surface area contributed by atoms with Crippen LogP contribution in [0.2, 0.25) is 0 Å². The molecule has 6 nitrogen and oxygen atoms in total. The van der Waals surface area contributed by atoms with Crippen LogP contribution >= 0.6 is 0 Å². The van der Waals surface area contributed by atoms with E-state index in [1.807, 2.05) is 0 Å². The average molecular weight is 412 g/mol. The number of aliphatic carboxylic acids is 1. The van der Waals surface area contributed by atoms with Gasteiger partial charge in [-0.1, -0.05) is 18.2 Å². The highest BCUT2D eigenvalue weighted by atomic mass is 19.1. The first-order valence-electron chi connectivity index (χ1n) is 8.97. The van der Waals surface area contributed by atoms with Gasteiger partial charge in [0.25, 0.3) is 5.91 Å². The minimum atomic E-state index is -1.20. The Morgan fingerprint density at radius 1 is 1.07 bits per heavy atom. The summed E-state index contributed by atoms with van der Waals surface area (Å²) < 4.78 is 32.7. The number of halogens is 2. The zero-order valence-electron chi connectivity index (χ0n) is 15.9. The first-order valence-corrected chi connectivity index (χ1v) is 8.97. The van der Waals surface area contributed by atoms with Gasteiger partial charge in [0.2, 0.25) is 0 Å². The van der Waals surface area contributed by atoms with Crippen LogP contribution < -0.4 is 10.1 Å². The quantitative estimate of drug-likeness (QED) is 0.613. The summed E-state index contributed by atoms with van der Waals surface area (Å²) in [7, 11) is 1.44. The normalized spacial score (nSPS) is 11.6. The van der Waals surface area contributed by atoms with Crippen molar-refractivity contribution in [1.29, 1.82) is 0 Å². The molecule has 0 saturated carbocycles. The lowest BCUT2D eigenvalue weighted by atomic mass is 10.0. The Morgan fingerprint density at radius 3 is 2.40 bits per heavy atom. The van der Waals surface area contributed by atoms with Crippen molar-refractivity contribution in [3.8, 4) is 17.0 Å². The third-order valence-electron chi connectivity index (χ3n) is 4.39. The number of carboxylic acids is 1. The Labute approximate surface area is 171 Å². The number of rotatable bonds is 7. The molecular weight excluding hydrogens is 394 g/mol. The largest absolute Gasteiger partial charge is 0.494 e. The van der Waals surface area contributed by atoms with Gasteiger partial charge in [0, 0.05) is 11.1 Å². The number of carbonyl (C=O) groups excluding carboxylic acids is 1. The van der Waals surface area contributed by atoms with Crippen molar-refractivity contribution in [2.75, 3.05) is 7.11 Å². The first-order chi connectivity index (χ1) is 14.4. The van der Waals surface area contributed by atoms with Gasteiger partial charge in [0.05, 0.1) is 19.6 Å². The number of carbonyl (C=O) groups is 2. The van der Waals surface area contributed by atoms with E-state index in [0.717, 1.165) is 0 Å². The van der Waals surface area contributed by atoms with E-state index in [2.05, 4.69) is 10.3 Å². The molecule has 1 amide bonds. The van der Waals surface area contributed by atoms with Crippen LogP contribution in [0.15, 0.2) is 60.7 Å². The number of hydrogen-bond acceptors (Lipinski definition) is 4. The van der Waals surface area contributed by atoms with Crippen molar-refractivity contribution < 1.29 is 28.2 Å². The lowest BCUT2D eigenvalue weighted by molar-refractivity contribution is -0.137. The maximum atomic E-state index is 14.2. The number of carboxylic acid groups (broad SMARTS) is 1. The van der Waals surface area contributed by atoms with Crippen LogP contribution in [-0.4, -0.2) is 29.1 Å². The van der Waals surface area contributed by atoms with Gasteiger partial charge in [-0.3, -0.25) is 9.59 Å².